The van der Waals surface area contributed by atoms with E-state index in [2.05, 4.69) is 20.1 Å². The van der Waals surface area contributed by atoms with Gasteiger partial charge in [-0.05, 0) is 76.0 Å². The standard InChI is InChI=1S/C21H27N5OS/c27-18(25-19-24-16-4-2-1-3-5-17(16)28-19)20-7-14-6-15(8-20)10-21(9-14,11-20)26-13-22-12-23-26/h12-15H,1-11H2,(H,24,25,27). The molecule has 2 atom stereocenters. The van der Waals surface area contributed by atoms with E-state index in [1.807, 2.05) is 6.33 Å². The fourth-order valence-electron chi connectivity index (χ4n) is 7.01. The van der Waals surface area contributed by atoms with E-state index >= 15 is 0 Å². The first-order chi connectivity index (χ1) is 13.6. The Balaban J connectivity index is 1.28. The molecular formula is C21H27N5OS. The molecule has 4 bridgehead atoms. The Bertz CT molecular complexity index is 867. The highest BCUT2D eigenvalue weighted by Crippen LogP contribution is 2.64. The van der Waals surface area contributed by atoms with Gasteiger partial charge in [-0.1, -0.05) is 6.42 Å². The largest absolute Gasteiger partial charge is 0.301 e. The predicted molar refractivity (Wildman–Crippen MR) is 107 cm³/mol. The van der Waals surface area contributed by atoms with Crippen LogP contribution in [0.25, 0.3) is 0 Å². The number of nitrogens with zero attached hydrogens (tertiary/aromatic N) is 4. The minimum absolute atomic E-state index is 0.0159. The second kappa shape index (κ2) is 6.12. The highest BCUT2D eigenvalue weighted by Gasteiger charge is 2.61. The SMILES string of the molecule is O=C(Nc1nc2c(s1)CCCCC2)C12CC3CC(C1)CC(n1cncn1)(C3)C2. The van der Waals surface area contributed by atoms with Crippen LogP contribution in [0.1, 0.15) is 68.4 Å². The molecule has 0 radical (unpaired) electrons. The quantitative estimate of drug-likeness (QED) is 0.796. The molecule has 2 aromatic heterocycles. The van der Waals surface area contributed by atoms with Crippen LogP contribution in [0, 0.1) is 17.3 Å². The van der Waals surface area contributed by atoms with Gasteiger partial charge in [0, 0.05) is 4.88 Å². The van der Waals surface area contributed by atoms with Crippen molar-refractivity contribution in [3.8, 4) is 0 Å². The molecule has 1 N–H and O–H groups in total. The predicted octanol–water partition coefficient (Wildman–Crippen LogP) is 3.94. The third-order valence-corrected chi connectivity index (χ3v) is 8.81. The zero-order valence-corrected chi connectivity index (χ0v) is 17.0. The van der Waals surface area contributed by atoms with Gasteiger partial charge in [-0.3, -0.25) is 4.79 Å². The number of anilines is 1. The number of aryl methyl sites for hydroxylation is 2. The molecule has 2 unspecified atom stereocenters. The average Bonchev–Trinajstić information content (AvgIpc) is 3.27. The van der Waals surface area contributed by atoms with Crippen molar-refractivity contribution in [3.05, 3.63) is 23.2 Å². The lowest BCUT2D eigenvalue weighted by Crippen LogP contribution is -2.60. The van der Waals surface area contributed by atoms with Crippen LogP contribution in [0.15, 0.2) is 12.7 Å². The van der Waals surface area contributed by atoms with Crippen LogP contribution in [0.2, 0.25) is 0 Å². The van der Waals surface area contributed by atoms with Crippen molar-refractivity contribution >= 4 is 22.4 Å². The van der Waals surface area contributed by atoms with Gasteiger partial charge in [0.05, 0.1) is 16.6 Å². The first-order valence-electron chi connectivity index (χ1n) is 10.8. The Hall–Kier alpha value is -1.76. The third kappa shape index (κ3) is 2.58. The van der Waals surface area contributed by atoms with Gasteiger partial charge in [-0.15, -0.1) is 11.3 Å². The molecule has 0 spiro atoms. The summed E-state index contributed by atoms with van der Waals surface area (Å²) in [6, 6.07) is 0. The lowest BCUT2D eigenvalue weighted by atomic mass is 9.46. The van der Waals surface area contributed by atoms with Gasteiger partial charge in [-0.25, -0.2) is 14.6 Å². The van der Waals surface area contributed by atoms with Crippen LogP contribution in [0.5, 0.6) is 0 Å². The number of nitrogens with one attached hydrogen (secondary N) is 1. The summed E-state index contributed by atoms with van der Waals surface area (Å²) >= 11 is 1.71. The van der Waals surface area contributed by atoms with E-state index in [1.54, 1.807) is 17.7 Å². The van der Waals surface area contributed by atoms with Crippen molar-refractivity contribution in [3.63, 3.8) is 0 Å². The van der Waals surface area contributed by atoms with E-state index in [0.717, 1.165) is 50.1 Å². The number of aromatic nitrogens is 4. The van der Waals surface area contributed by atoms with E-state index < -0.39 is 0 Å². The second-order valence-electron chi connectivity index (χ2n) is 9.71. The van der Waals surface area contributed by atoms with Crippen molar-refractivity contribution in [2.75, 3.05) is 5.32 Å². The Morgan fingerprint density at radius 3 is 2.75 bits per heavy atom. The maximum atomic E-state index is 13.6. The molecule has 5 aliphatic rings. The molecule has 4 saturated carbocycles. The maximum Gasteiger partial charge on any atom is 0.232 e. The zero-order chi connectivity index (χ0) is 18.8. The van der Waals surface area contributed by atoms with E-state index in [9.17, 15) is 4.79 Å². The van der Waals surface area contributed by atoms with Gasteiger partial charge >= 0.3 is 0 Å². The van der Waals surface area contributed by atoms with Crippen LogP contribution in [0.4, 0.5) is 5.13 Å². The molecule has 2 aromatic rings. The summed E-state index contributed by atoms with van der Waals surface area (Å²) in [5.74, 6) is 1.46. The van der Waals surface area contributed by atoms with Crippen LogP contribution in [-0.4, -0.2) is 25.7 Å². The number of thiazole rings is 1. The number of hydrogen-bond donors (Lipinski definition) is 1. The number of carbonyl (C=O) groups is 1. The van der Waals surface area contributed by atoms with Gasteiger partial charge < -0.3 is 5.32 Å². The van der Waals surface area contributed by atoms with Crippen molar-refractivity contribution in [2.45, 2.75) is 76.2 Å². The molecule has 148 valence electrons. The molecule has 28 heavy (non-hydrogen) atoms. The third-order valence-electron chi connectivity index (χ3n) is 7.73. The second-order valence-corrected chi connectivity index (χ2v) is 10.8. The Morgan fingerprint density at radius 2 is 1.96 bits per heavy atom. The van der Waals surface area contributed by atoms with E-state index in [4.69, 9.17) is 4.98 Å². The average molecular weight is 398 g/mol. The lowest BCUT2D eigenvalue weighted by molar-refractivity contribution is -0.150. The number of fused-ring (bicyclic) bond motifs is 1. The van der Waals surface area contributed by atoms with E-state index in [-0.39, 0.29) is 16.9 Å². The molecule has 5 aliphatic carbocycles. The molecule has 0 aliphatic heterocycles. The van der Waals surface area contributed by atoms with Crippen LogP contribution >= 0.6 is 11.3 Å². The highest BCUT2D eigenvalue weighted by molar-refractivity contribution is 7.15. The summed E-state index contributed by atoms with van der Waals surface area (Å²) < 4.78 is 2.07. The lowest BCUT2D eigenvalue weighted by Gasteiger charge is -2.60. The molecule has 7 rings (SSSR count). The fraction of sp³-hybridized carbons (Fsp3) is 0.714. The van der Waals surface area contributed by atoms with Crippen molar-refractivity contribution < 1.29 is 4.79 Å². The molecule has 2 heterocycles. The molecule has 0 saturated heterocycles. The Morgan fingerprint density at radius 1 is 1.14 bits per heavy atom. The number of hydrogen-bond acceptors (Lipinski definition) is 5. The smallest absolute Gasteiger partial charge is 0.232 e. The van der Waals surface area contributed by atoms with Crippen LogP contribution < -0.4 is 5.32 Å². The summed E-state index contributed by atoms with van der Waals surface area (Å²) in [5, 5.41) is 8.58. The van der Waals surface area contributed by atoms with Crippen LogP contribution in [-0.2, 0) is 23.2 Å². The summed E-state index contributed by atoms with van der Waals surface area (Å²) in [6.45, 7) is 0. The maximum absolute atomic E-state index is 13.6. The van der Waals surface area contributed by atoms with Gasteiger partial charge in [0.2, 0.25) is 5.91 Å². The summed E-state index contributed by atoms with van der Waals surface area (Å²) in [4.78, 5) is 24.0. The van der Waals surface area contributed by atoms with E-state index in [0.29, 0.717) is 11.8 Å². The molecule has 0 aromatic carbocycles. The van der Waals surface area contributed by atoms with Gasteiger partial charge in [0.25, 0.3) is 0 Å². The Kier molecular flexibility index (Phi) is 3.74. The number of rotatable bonds is 3. The van der Waals surface area contributed by atoms with Crippen LogP contribution in [0.3, 0.4) is 0 Å². The Labute approximate surface area is 169 Å². The molecule has 4 fully saturated rings. The summed E-state index contributed by atoms with van der Waals surface area (Å²) in [7, 11) is 0. The summed E-state index contributed by atoms with van der Waals surface area (Å²) in [6.07, 6.45) is 15.9. The van der Waals surface area contributed by atoms with E-state index in [1.165, 1.54) is 36.3 Å². The molecule has 1 amide bonds. The van der Waals surface area contributed by atoms with Gasteiger partial charge in [0.15, 0.2) is 5.13 Å². The number of amides is 1. The summed E-state index contributed by atoms with van der Waals surface area (Å²) in [5.41, 5.74) is 0.944. The minimum Gasteiger partial charge on any atom is -0.301 e. The van der Waals surface area contributed by atoms with Gasteiger partial charge in [-0.2, -0.15) is 5.10 Å². The zero-order valence-electron chi connectivity index (χ0n) is 16.2. The first kappa shape index (κ1) is 17.1. The van der Waals surface area contributed by atoms with Gasteiger partial charge in [0.1, 0.15) is 12.7 Å². The highest BCUT2D eigenvalue weighted by atomic mass is 32.1. The number of carbonyl (C=O) groups excluding carboxylic acids is 1. The van der Waals surface area contributed by atoms with Crippen molar-refractivity contribution in [1.29, 1.82) is 0 Å². The fourth-order valence-corrected chi connectivity index (χ4v) is 8.06. The monoisotopic (exact) mass is 397 g/mol. The molecular weight excluding hydrogens is 370 g/mol. The first-order valence-corrected chi connectivity index (χ1v) is 11.6. The normalized spacial score (nSPS) is 36.1. The topological polar surface area (TPSA) is 72.7 Å². The van der Waals surface area contributed by atoms with Crippen molar-refractivity contribution in [2.24, 2.45) is 17.3 Å². The molecule has 6 nitrogen and oxygen atoms in total. The van der Waals surface area contributed by atoms with Crippen molar-refractivity contribution in [1.82, 2.24) is 19.7 Å². The minimum atomic E-state index is -0.265. The molecule has 7 heteroatoms.